The average Bonchev–Trinajstić information content (AvgIpc) is 2.74. The number of hydrogen-bond acceptors (Lipinski definition) is 4. The summed E-state index contributed by atoms with van der Waals surface area (Å²) < 4.78 is 0.816. The molecular formula is C12H14ClN3S. The van der Waals surface area contributed by atoms with Gasteiger partial charge in [-0.25, -0.2) is 9.97 Å². The first kappa shape index (κ1) is 12.3. The third-order valence-electron chi connectivity index (χ3n) is 2.30. The Hall–Kier alpha value is -1.13. The molecule has 0 saturated carbocycles. The Balaban J connectivity index is 1.96. The van der Waals surface area contributed by atoms with E-state index in [1.807, 2.05) is 18.2 Å². The number of aromatic nitrogens is 2. The fourth-order valence-electron chi connectivity index (χ4n) is 1.51. The maximum atomic E-state index is 5.87. The lowest BCUT2D eigenvalue weighted by Crippen LogP contribution is -2.01. The summed E-state index contributed by atoms with van der Waals surface area (Å²) in [7, 11) is 0. The maximum absolute atomic E-state index is 5.87. The van der Waals surface area contributed by atoms with Crippen molar-refractivity contribution in [3.8, 4) is 0 Å². The zero-order chi connectivity index (χ0) is 12.1. The van der Waals surface area contributed by atoms with Crippen LogP contribution in [0.3, 0.4) is 0 Å². The van der Waals surface area contributed by atoms with Crippen LogP contribution in [0, 0.1) is 0 Å². The SMILES string of the molecule is CCCc1cc(NCc2ccc(Cl)s2)ncn1. The standard InChI is InChI=1S/C12H14ClN3S/c1-2-3-9-6-12(16-8-15-9)14-7-10-4-5-11(13)17-10/h4-6,8H,2-3,7H2,1H3,(H,14,15,16). The van der Waals surface area contributed by atoms with E-state index in [2.05, 4.69) is 22.2 Å². The molecule has 0 aromatic carbocycles. The average molecular weight is 268 g/mol. The summed E-state index contributed by atoms with van der Waals surface area (Å²) in [6, 6.07) is 5.93. The van der Waals surface area contributed by atoms with Crippen LogP contribution >= 0.6 is 22.9 Å². The first-order valence-electron chi connectivity index (χ1n) is 5.57. The van der Waals surface area contributed by atoms with Gasteiger partial charge in [-0.3, -0.25) is 0 Å². The molecule has 0 spiro atoms. The zero-order valence-electron chi connectivity index (χ0n) is 9.61. The van der Waals surface area contributed by atoms with Crippen LogP contribution in [0.4, 0.5) is 5.82 Å². The minimum atomic E-state index is 0.750. The monoisotopic (exact) mass is 267 g/mol. The quantitative estimate of drug-likeness (QED) is 0.896. The largest absolute Gasteiger partial charge is 0.365 e. The number of rotatable bonds is 5. The van der Waals surface area contributed by atoms with E-state index in [-0.39, 0.29) is 0 Å². The van der Waals surface area contributed by atoms with Crippen molar-refractivity contribution in [2.24, 2.45) is 0 Å². The van der Waals surface area contributed by atoms with Crippen molar-refractivity contribution in [2.75, 3.05) is 5.32 Å². The molecule has 0 saturated heterocycles. The van der Waals surface area contributed by atoms with Crippen molar-refractivity contribution in [3.05, 3.63) is 39.4 Å². The van der Waals surface area contributed by atoms with Crippen molar-refractivity contribution in [1.82, 2.24) is 9.97 Å². The predicted molar refractivity (Wildman–Crippen MR) is 72.7 cm³/mol. The Morgan fingerprint density at radius 2 is 2.24 bits per heavy atom. The van der Waals surface area contributed by atoms with Crippen LogP contribution in [0.15, 0.2) is 24.5 Å². The molecule has 0 aliphatic carbocycles. The highest BCUT2D eigenvalue weighted by atomic mass is 35.5. The number of hydrogen-bond donors (Lipinski definition) is 1. The molecule has 0 aliphatic rings. The van der Waals surface area contributed by atoms with E-state index in [4.69, 9.17) is 11.6 Å². The van der Waals surface area contributed by atoms with Gasteiger partial charge in [0.05, 0.1) is 10.9 Å². The van der Waals surface area contributed by atoms with Gasteiger partial charge < -0.3 is 5.32 Å². The van der Waals surface area contributed by atoms with Crippen LogP contribution in [0.5, 0.6) is 0 Å². The molecule has 0 amide bonds. The van der Waals surface area contributed by atoms with E-state index in [1.54, 1.807) is 17.7 Å². The lowest BCUT2D eigenvalue weighted by atomic mass is 10.2. The van der Waals surface area contributed by atoms with Gasteiger partial charge in [-0.05, 0) is 18.6 Å². The highest BCUT2D eigenvalue weighted by Crippen LogP contribution is 2.22. The van der Waals surface area contributed by atoms with E-state index in [0.29, 0.717) is 0 Å². The molecule has 0 bridgehead atoms. The second-order valence-electron chi connectivity index (χ2n) is 3.70. The summed E-state index contributed by atoms with van der Waals surface area (Å²) in [5, 5.41) is 3.27. The maximum Gasteiger partial charge on any atom is 0.129 e. The Kier molecular flexibility index (Phi) is 4.34. The lowest BCUT2D eigenvalue weighted by Gasteiger charge is -2.05. The Labute approximate surface area is 110 Å². The van der Waals surface area contributed by atoms with Crippen molar-refractivity contribution >= 4 is 28.8 Å². The van der Waals surface area contributed by atoms with Crippen LogP contribution in [0.25, 0.3) is 0 Å². The molecule has 5 heteroatoms. The van der Waals surface area contributed by atoms with E-state index in [1.165, 1.54) is 4.88 Å². The van der Waals surface area contributed by atoms with Crippen molar-refractivity contribution < 1.29 is 0 Å². The smallest absolute Gasteiger partial charge is 0.129 e. The number of aryl methyl sites for hydroxylation is 1. The second-order valence-corrected chi connectivity index (χ2v) is 5.50. The second kappa shape index (κ2) is 5.98. The third-order valence-corrected chi connectivity index (χ3v) is 3.53. The number of nitrogens with zero attached hydrogens (tertiary/aromatic N) is 2. The normalized spacial score (nSPS) is 10.5. The summed E-state index contributed by atoms with van der Waals surface area (Å²) >= 11 is 7.45. The van der Waals surface area contributed by atoms with Gasteiger partial charge in [0.2, 0.25) is 0 Å². The predicted octanol–water partition coefficient (Wildman–Crippen LogP) is 3.76. The number of thiophene rings is 1. The molecule has 2 aromatic heterocycles. The first-order chi connectivity index (χ1) is 8.28. The molecule has 0 unspecified atom stereocenters. The highest BCUT2D eigenvalue weighted by Gasteiger charge is 2.00. The fraction of sp³-hybridized carbons (Fsp3) is 0.333. The molecule has 0 fully saturated rings. The minimum absolute atomic E-state index is 0.750. The summed E-state index contributed by atoms with van der Waals surface area (Å²) in [6.07, 6.45) is 3.69. The molecule has 17 heavy (non-hydrogen) atoms. The highest BCUT2D eigenvalue weighted by molar-refractivity contribution is 7.16. The van der Waals surface area contributed by atoms with E-state index >= 15 is 0 Å². The minimum Gasteiger partial charge on any atom is -0.365 e. The van der Waals surface area contributed by atoms with Crippen LogP contribution in [0.1, 0.15) is 23.9 Å². The van der Waals surface area contributed by atoms with Crippen molar-refractivity contribution in [2.45, 2.75) is 26.3 Å². The molecule has 2 aromatic rings. The Morgan fingerprint density at radius 1 is 1.35 bits per heavy atom. The summed E-state index contributed by atoms with van der Waals surface area (Å²) in [5.41, 5.74) is 1.08. The fourth-order valence-corrected chi connectivity index (χ4v) is 2.54. The molecule has 90 valence electrons. The van der Waals surface area contributed by atoms with Gasteiger partial charge in [0.25, 0.3) is 0 Å². The molecule has 3 nitrogen and oxygen atoms in total. The molecule has 2 rings (SSSR count). The van der Waals surface area contributed by atoms with Crippen molar-refractivity contribution in [1.29, 1.82) is 0 Å². The van der Waals surface area contributed by atoms with Gasteiger partial charge in [0.15, 0.2) is 0 Å². The number of halogens is 1. The molecule has 1 N–H and O–H groups in total. The summed E-state index contributed by atoms with van der Waals surface area (Å²) in [5.74, 6) is 0.868. The number of nitrogens with one attached hydrogen (secondary N) is 1. The molecule has 2 heterocycles. The van der Waals surface area contributed by atoms with Crippen LogP contribution in [-0.4, -0.2) is 9.97 Å². The Bertz CT molecular complexity index is 484. The topological polar surface area (TPSA) is 37.8 Å². The number of anilines is 1. The molecule has 0 atom stereocenters. The van der Waals surface area contributed by atoms with Crippen molar-refractivity contribution in [3.63, 3.8) is 0 Å². The van der Waals surface area contributed by atoms with Crippen LogP contribution in [0.2, 0.25) is 4.34 Å². The zero-order valence-corrected chi connectivity index (χ0v) is 11.2. The Morgan fingerprint density at radius 3 is 2.94 bits per heavy atom. The van der Waals surface area contributed by atoms with E-state index in [0.717, 1.165) is 35.2 Å². The van der Waals surface area contributed by atoms with Gasteiger partial charge in [-0.1, -0.05) is 24.9 Å². The summed E-state index contributed by atoms with van der Waals surface area (Å²) in [6.45, 7) is 2.89. The van der Waals surface area contributed by atoms with Gasteiger partial charge in [-0.15, -0.1) is 11.3 Å². The van der Waals surface area contributed by atoms with Gasteiger partial charge in [0.1, 0.15) is 12.1 Å². The van der Waals surface area contributed by atoms with Gasteiger partial charge >= 0.3 is 0 Å². The van der Waals surface area contributed by atoms with E-state index < -0.39 is 0 Å². The van der Waals surface area contributed by atoms with Crippen LogP contribution < -0.4 is 5.32 Å². The molecule has 0 radical (unpaired) electrons. The van der Waals surface area contributed by atoms with Crippen LogP contribution in [-0.2, 0) is 13.0 Å². The van der Waals surface area contributed by atoms with Gasteiger partial charge in [-0.2, -0.15) is 0 Å². The molecular weight excluding hydrogens is 254 g/mol. The van der Waals surface area contributed by atoms with Gasteiger partial charge in [0, 0.05) is 16.6 Å². The first-order valence-corrected chi connectivity index (χ1v) is 6.76. The van der Waals surface area contributed by atoms with E-state index in [9.17, 15) is 0 Å². The third kappa shape index (κ3) is 3.68. The lowest BCUT2D eigenvalue weighted by molar-refractivity contribution is 0.871. The summed E-state index contributed by atoms with van der Waals surface area (Å²) in [4.78, 5) is 9.61. The molecule has 0 aliphatic heterocycles.